The van der Waals surface area contributed by atoms with Crippen molar-refractivity contribution in [1.29, 1.82) is 0 Å². The molecule has 0 spiro atoms. The summed E-state index contributed by atoms with van der Waals surface area (Å²) in [6.07, 6.45) is 0.854. The Balaban J connectivity index is 1.67. The number of H-pyrrole nitrogens is 1. The maximum absolute atomic E-state index is 6.16. The van der Waals surface area contributed by atoms with Gasteiger partial charge in [-0.1, -0.05) is 90.5 Å². The molecule has 5 rings (SSSR count). The Hall–Kier alpha value is -3.29. The van der Waals surface area contributed by atoms with Crippen molar-refractivity contribution < 1.29 is 0 Å². The molecular weight excluding hydrogens is 386 g/mol. The molecule has 146 valence electrons. The van der Waals surface area contributed by atoms with Crippen LogP contribution in [0, 0.1) is 6.92 Å². The van der Waals surface area contributed by atoms with Crippen molar-refractivity contribution in [2.24, 2.45) is 0 Å². The highest BCUT2D eigenvalue weighted by atomic mass is 35.5. The molecule has 0 radical (unpaired) electrons. The standard InChI is InChI=1S/C28H22ClN/c1-19-27(22-13-15-25(29)16-14-22)26(17-20-7-3-2-4-8-20)30-28(19)24-12-11-21-9-5-6-10-23(21)18-24/h2-16,18,30H,17H2,1H3. The minimum absolute atomic E-state index is 0.756. The molecule has 5 aromatic rings. The van der Waals surface area contributed by atoms with Crippen LogP contribution in [0.2, 0.25) is 5.02 Å². The van der Waals surface area contributed by atoms with Crippen LogP contribution in [0.25, 0.3) is 33.2 Å². The number of rotatable bonds is 4. The van der Waals surface area contributed by atoms with Gasteiger partial charge in [0, 0.05) is 28.4 Å². The van der Waals surface area contributed by atoms with Gasteiger partial charge in [0.05, 0.1) is 0 Å². The number of fused-ring (bicyclic) bond motifs is 1. The monoisotopic (exact) mass is 407 g/mol. The Morgan fingerprint density at radius 2 is 1.37 bits per heavy atom. The topological polar surface area (TPSA) is 15.8 Å². The molecule has 1 nitrogen and oxygen atoms in total. The first kappa shape index (κ1) is 18.7. The molecule has 1 aromatic heterocycles. The van der Waals surface area contributed by atoms with Gasteiger partial charge in [0.15, 0.2) is 0 Å². The molecule has 1 N–H and O–H groups in total. The fourth-order valence-electron chi connectivity index (χ4n) is 4.23. The first-order valence-electron chi connectivity index (χ1n) is 10.2. The van der Waals surface area contributed by atoms with E-state index >= 15 is 0 Å². The third-order valence-corrected chi connectivity index (χ3v) is 5.97. The Kier molecular flexibility index (Phi) is 4.90. The van der Waals surface area contributed by atoms with Crippen molar-refractivity contribution in [2.75, 3.05) is 0 Å². The van der Waals surface area contributed by atoms with Crippen LogP contribution in [-0.4, -0.2) is 4.98 Å². The molecule has 30 heavy (non-hydrogen) atoms. The lowest BCUT2D eigenvalue weighted by atomic mass is 9.96. The second kappa shape index (κ2) is 7.85. The van der Waals surface area contributed by atoms with E-state index in [1.165, 1.54) is 50.0 Å². The summed E-state index contributed by atoms with van der Waals surface area (Å²) < 4.78 is 0. The summed E-state index contributed by atoms with van der Waals surface area (Å²) in [6.45, 7) is 2.21. The summed E-state index contributed by atoms with van der Waals surface area (Å²) in [5.41, 5.74) is 8.61. The zero-order valence-electron chi connectivity index (χ0n) is 16.8. The molecule has 0 aliphatic rings. The number of aromatic nitrogens is 1. The SMILES string of the molecule is Cc1c(-c2ccc3ccccc3c2)[nH]c(Cc2ccccc2)c1-c1ccc(Cl)cc1. The van der Waals surface area contributed by atoms with Gasteiger partial charge in [-0.05, 0) is 58.1 Å². The highest BCUT2D eigenvalue weighted by Gasteiger charge is 2.17. The van der Waals surface area contributed by atoms with Crippen LogP contribution in [0.4, 0.5) is 0 Å². The first-order valence-corrected chi connectivity index (χ1v) is 10.6. The van der Waals surface area contributed by atoms with Gasteiger partial charge in [-0.15, -0.1) is 0 Å². The molecule has 0 aliphatic heterocycles. The lowest BCUT2D eigenvalue weighted by molar-refractivity contribution is 1.11. The second-order valence-electron chi connectivity index (χ2n) is 7.71. The van der Waals surface area contributed by atoms with E-state index in [9.17, 15) is 0 Å². The van der Waals surface area contributed by atoms with E-state index in [0.29, 0.717) is 0 Å². The summed E-state index contributed by atoms with van der Waals surface area (Å²) in [7, 11) is 0. The molecule has 0 saturated carbocycles. The molecule has 4 aromatic carbocycles. The Morgan fingerprint density at radius 3 is 2.13 bits per heavy atom. The van der Waals surface area contributed by atoms with Crippen LogP contribution in [-0.2, 0) is 6.42 Å². The first-order chi connectivity index (χ1) is 14.7. The van der Waals surface area contributed by atoms with Gasteiger partial charge in [0.2, 0.25) is 0 Å². The maximum atomic E-state index is 6.16. The lowest BCUT2D eigenvalue weighted by Crippen LogP contribution is -1.91. The summed E-state index contributed by atoms with van der Waals surface area (Å²) in [4.78, 5) is 3.76. The molecule has 0 bridgehead atoms. The minimum Gasteiger partial charge on any atom is -0.357 e. The Morgan fingerprint density at radius 1 is 0.700 bits per heavy atom. The van der Waals surface area contributed by atoms with Crippen molar-refractivity contribution in [3.63, 3.8) is 0 Å². The van der Waals surface area contributed by atoms with Gasteiger partial charge in [0.25, 0.3) is 0 Å². The van der Waals surface area contributed by atoms with Crippen LogP contribution in [0.1, 0.15) is 16.8 Å². The van der Waals surface area contributed by atoms with Gasteiger partial charge in [-0.2, -0.15) is 0 Å². The highest BCUT2D eigenvalue weighted by Crippen LogP contribution is 2.37. The summed E-state index contributed by atoms with van der Waals surface area (Å²) in [6, 6.07) is 33.9. The Labute approximate surface area is 182 Å². The number of hydrogen-bond donors (Lipinski definition) is 1. The van der Waals surface area contributed by atoms with Gasteiger partial charge in [0.1, 0.15) is 0 Å². The van der Waals surface area contributed by atoms with E-state index in [1.807, 2.05) is 12.1 Å². The van der Waals surface area contributed by atoms with Gasteiger partial charge in [-0.25, -0.2) is 0 Å². The van der Waals surface area contributed by atoms with Gasteiger partial charge in [-0.3, -0.25) is 0 Å². The third-order valence-electron chi connectivity index (χ3n) is 5.72. The number of benzene rings is 4. The van der Waals surface area contributed by atoms with Crippen molar-refractivity contribution in [2.45, 2.75) is 13.3 Å². The summed E-state index contributed by atoms with van der Waals surface area (Å²) in [5.74, 6) is 0. The van der Waals surface area contributed by atoms with Crippen molar-refractivity contribution in [1.82, 2.24) is 4.98 Å². The van der Waals surface area contributed by atoms with Crippen molar-refractivity contribution in [3.8, 4) is 22.4 Å². The maximum Gasteiger partial charge on any atom is 0.0492 e. The molecule has 0 atom stereocenters. The van der Waals surface area contributed by atoms with Crippen LogP contribution < -0.4 is 0 Å². The van der Waals surface area contributed by atoms with Crippen LogP contribution in [0.3, 0.4) is 0 Å². The van der Waals surface area contributed by atoms with E-state index in [-0.39, 0.29) is 0 Å². The van der Waals surface area contributed by atoms with Crippen molar-refractivity contribution >= 4 is 22.4 Å². The smallest absolute Gasteiger partial charge is 0.0492 e. The molecule has 0 unspecified atom stereocenters. The molecule has 0 amide bonds. The van der Waals surface area contributed by atoms with Crippen molar-refractivity contribution in [3.05, 3.63) is 119 Å². The minimum atomic E-state index is 0.756. The predicted molar refractivity (Wildman–Crippen MR) is 128 cm³/mol. The Bertz CT molecular complexity index is 1310. The van der Waals surface area contributed by atoms with E-state index in [4.69, 9.17) is 11.6 Å². The number of nitrogens with one attached hydrogen (secondary N) is 1. The van der Waals surface area contributed by atoms with E-state index in [1.54, 1.807) is 0 Å². The zero-order chi connectivity index (χ0) is 20.5. The summed E-state index contributed by atoms with van der Waals surface area (Å²) >= 11 is 6.16. The number of hydrogen-bond acceptors (Lipinski definition) is 0. The van der Waals surface area contributed by atoms with E-state index in [0.717, 1.165) is 11.4 Å². The summed E-state index contributed by atoms with van der Waals surface area (Å²) in [5, 5.41) is 3.26. The normalized spacial score (nSPS) is 11.1. The van der Waals surface area contributed by atoms with Crippen LogP contribution in [0.15, 0.2) is 97.1 Å². The lowest BCUT2D eigenvalue weighted by Gasteiger charge is -2.07. The van der Waals surface area contributed by atoms with E-state index in [2.05, 4.69) is 96.8 Å². The average molecular weight is 408 g/mol. The number of halogens is 1. The average Bonchev–Trinajstić information content (AvgIpc) is 3.10. The highest BCUT2D eigenvalue weighted by molar-refractivity contribution is 6.30. The molecule has 0 aliphatic carbocycles. The molecule has 2 heteroatoms. The quantitative estimate of drug-likeness (QED) is 0.310. The number of aromatic amines is 1. The third kappa shape index (κ3) is 3.53. The van der Waals surface area contributed by atoms with Gasteiger partial charge < -0.3 is 4.98 Å². The zero-order valence-corrected chi connectivity index (χ0v) is 17.6. The fourth-order valence-corrected chi connectivity index (χ4v) is 4.36. The van der Waals surface area contributed by atoms with Gasteiger partial charge >= 0.3 is 0 Å². The van der Waals surface area contributed by atoms with Crippen LogP contribution in [0.5, 0.6) is 0 Å². The molecule has 1 heterocycles. The molecule has 0 fully saturated rings. The molecule has 0 saturated heterocycles. The van der Waals surface area contributed by atoms with E-state index < -0.39 is 0 Å². The largest absolute Gasteiger partial charge is 0.357 e. The predicted octanol–water partition coefficient (Wildman–Crippen LogP) is 8.05. The molecular formula is C28H22ClN. The van der Waals surface area contributed by atoms with Crippen LogP contribution >= 0.6 is 11.6 Å². The fraction of sp³-hybridized carbons (Fsp3) is 0.0714. The second-order valence-corrected chi connectivity index (χ2v) is 8.15.